The highest BCUT2D eigenvalue weighted by atomic mass is 32.1. The highest BCUT2D eigenvalue weighted by molar-refractivity contribution is 7.10. The summed E-state index contributed by atoms with van der Waals surface area (Å²) in [6.07, 6.45) is 0. The van der Waals surface area contributed by atoms with Crippen LogP contribution in [0.25, 0.3) is 0 Å². The number of hydrogen-bond acceptors (Lipinski definition) is 4. The average molecular weight is 185 g/mol. The summed E-state index contributed by atoms with van der Waals surface area (Å²) in [6.45, 7) is 2.19. The van der Waals surface area contributed by atoms with Gasteiger partial charge in [0.25, 0.3) is 0 Å². The molecular weight excluding hydrogens is 174 g/mol. The Balaban J connectivity index is 2.25. The molecule has 12 heavy (non-hydrogen) atoms. The van der Waals surface area contributed by atoms with Crippen LogP contribution in [0.15, 0.2) is 5.38 Å². The maximum atomic E-state index is 5.49. The van der Waals surface area contributed by atoms with Crippen molar-refractivity contribution in [3.05, 3.63) is 10.3 Å². The van der Waals surface area contributed by atoms with Gasteiger partial charge in [-0.1, -0.05) is 0 Å². The smallest absolute Gasteiger partial charge is 0.176 e. The van der Waals surface area contributed by atoms with E-state index in [2.05, 4.69) is 5.32 Å². The summed E-state index contributed by atoms with van der Waals surface area (Å²) in [5.74, 6) is 1.83. The van der Waals surface area contributed by atoms with E-state index in [1.807, 2.05) is 12.4 Å². The first-order valence-corrected chi connectivity index (χ1v) is 4.80. The third-order valence-corrected chi connectivity index (χ3v) is 2.66. The van der Waals surface area contributed by atoms with E-state index in [-0.39, 0.29) is 0 Å². The molecule has 1 N–H and O–H groups in total. The maximum Gasteiger partial charge on any atom is 0.176 e. The lowest BCUT2D eigenvalue weighted by Gasteiger charge is -2.15. The molecule has 1 aromatic rings. The molecule has 0 amide bonds. The van der Waals surface area contributed by atoms with Crippen molar-refractivity contribution >= 4 is 11.3 Å². The predicted octanol–water partition coefficient (Wildman–Crippen LogP) is 1.24. The lowest BCUT2D eigenvalue weighted by atomic mass is 10.4. The minimum atomic E-state index is 0.667. The van der Waals surface area contributed by atoms with Crippen LogP contribution in [-0.2, 0) is 6.54 Å². The molecule has 0 unspecified atom stereocenters. The molecule has 4 heteroatoms. The summed E-state index contributed by atoms with van der Waals surface area (Å²) in [7, 11) is 1.93. The van der Waals surface area contributed by atoms with Gasteiger partial charge in [-0.3, -0.25) is 0 Å². The van der Waals surface area contributed by atoms with Gasteiger partial charge in [0.15, 0.2) is 11.5 Å². The second-order valence-electron chi connectivity index (χ2n) is 2.58. The fourth-order valence-electron chi connectivity index (χ4n) is 1.20. The molecule has 3 nitrogen and oxygen atoms in total. The van der Waals surface area contributed by atoms with Crippen LogP contribution in [0.1, 0.15) is 4.88 Å². The molecule has 1 aliphatic heterocycles. The van der Waals surface area contributed by atoms with Gasteiger partial charge >= 0.3 is 0 Å². The molecule has 0 fully saturated rings. The van der Waals surface area contributed by atoms with Gasteiger partial charge in [0.05, 0.1) is 4.88 Å². The van der Waals surface area contributed by atoms with Crippen molar-refractivity contribution in [1.82, 2.24) is 5.32 Å². The number of rotatable bonds is 2. The van der Waals surface area contributed by atoms with E-state index >= 15 is 0 Å². The van der Waals surface area contributed by atoms with E-state index in [1.165, 1.54) is 4.88 Å². The first-order valence-electron chi connectivity index (χ1n) is 3.92. The van der Waals surface area contributed by atoms with E-state index in [9.17, 15) is 0 Å². The van der Waals surface area contributed by atoms with Crippen LogP contribution in [0.5, 0.6) is 11.5 Å². The second kappa shape index (κ2) is 3.33. The zero-order chi connectivity index (χ0) is 8.39. The number of hydrogen-bond donors (Lipinski definition) is 1. The Bertz CT molecular complexity index is 272. The molecule has 0 saturated carbocycles. The molecule has 0 aromatic carbocycles. The topological polar surface area (TPSA) is 30.5 Å². The van der Waals surface area contributed by atoms with Crippen molar-refractivity contribution < 1.29 is 9.47 Å². The van der Waals surface area contributed by atoms with Crippen LogP contribution in [0, 0.1) is 0 Å². The largest absolute Gasteiger partial charge is 0.485 e. The first kappa shape index (κ1) is 7.89. The van der Waals surface area contributed by atoms with Crippen molar-refractivity contribution in [2.75, 3.05) is 20.3 Å². The Morgan fingerprint density at radius 3 is 3.17 bits per heavy atom. The fraction of sp³-hybridized carbons (Fsp3) is 0.500. The van der Waals surface area contributed by atoms with Crippen molar-refractivity contribution in [1.29, 1.82) is 0 Å². The zero-order valence-corrected chi connectivity index (χ0v) is 7.74. The van der Waals surface area contributed by atoms with Gasteiger partial charge in [-0.25, -0.2) is 0 Å². The van der Waals surface area contributed by atoms with E-state index in [0.717, 1.165) is 18.0 Å². The van der Waals surface area contributed by atoms with Crippen LogP contribution in [0.3, 0.4) is 0 Å². The molecule has 0 aliphatic carbocycles. The molecule has 1 aromatic heterocycles. The van der Waals surface area contributed by atoms with E-state index in [4.69, 9.17) is 9.47 Å². The van der Waals surface area contributed by atoms with Crippen LogP contribution in [-0.4, -0.2) is 20.3 Å². The summed E-state index contributed by atoms with van der Waals surface area (Å²) < 4.78 is 10.9. The first-order chi connectivity index (χ1) is 5.92. The fourth-order valence-corrected chi connectivity index (χ4v) is 2.12. The minimum absolute atomic E-state index is 0.667. The normalized spacial score (nSPS) is 14.8. The monoisotopic (exact) mass is 185 g/mol. The van der Waals surface area contributed by atoms with E-state index in [0.29, 0.717) is 13.2 Å². The van der Waals surface area contributed by atoms with Crippen LogP contribution in [0.4, 0.5) is 0 Å². The third-order valence-electron chi connectivity index (χ3n) is 1.71. The van der Waals surface area contributed by atoms with Crippen molar-refractivity contribution in [2.45, 2.75) is 6.54 Å². The van der Waals surface area contributed by atoms with E-state index in [1.54, 1.807) is 11.3 Å². The number of ether oxygens (including phenoxy) is 2. The van der Waals surface area contributed by atoms with Gasteiger partial charge in [0.1, 0.15) is 13.2 Å². The van der Waals surface area contributed by atoms with Crippen LogP contribution >= 0.6 is 11.3 Å². The molecule has 66 valence electrons. The molecule has 2 heterocycles. The summed E-state index contributed by atoms with van der Waals surface area (Å²) in [5.41, 5.74) is 0. The highest BCUT2D eigenvalue weighted by Crippen LogP contribution is 2.38. The Labute approximate surface area is 75.3 Å². The molecule has 0 spiro atoms. The van der Waals surface area contributed by atoms with Crippen molar-refractivity contribution in [2.24, 2.45) is 0 Å². The van der Waals surface area contributed by atoms with Gasteiger partial charge in [0.2, 0.25) is 0 Å². The van der Waals surface area contributed by atoms with Crippen molar-refractivity contribution in [3.63, 3.8) is 0 Å². The van der Waals surface area contributed by atoms with Crippen LogP contribution in [0.2, 0.25) is 0 Å². The number of fused-ring (bicyclic) bond motifs is 1. The highest BCUT2D eigenvalue weighted by Gasteiger charge is 2.17. The van der Waals surface area contributed by atoms with Gasteiger partial charge in [-0.05, 0) is 7.05 Å². The molecular formula is C8H11NO2S. The Kier molecular flexibility index (Phi) is 2.19. The SMILES string of the molecule is CNCc1scc2c1OCCO2. The summed E-state index contributed by atoms with van der Waals surface area (Å²) >= 11 is 1.68. The van der Waals surface area contributed by atoms with Crippen molar-refractivity contribution in [3.8, 4) is 11.5 Å². The lowest BCUT2D eigenvalue weighted by molar-refractivity contribution is 0.172. The number of nitrogens with one attached hydrogen (secondary N) is 1. The molecule has 0 atom stereocenters. The minimum Gasteiger partial charge on any atom is -0.485 e. The molecule has 2 rings (SSSR count). The van der Waals surface area contributed by atoms with Crippen LogP contribution < -0.4 is 14.8 Å². The molecule has 0 bridgehead atoms. The van der Waals surface area contributed by atoms with Gasteiger partial charge in [0, 0.05) is 11.9 Å². The van der Waals surface area contributed by atoms with E-state index < -0.39 is 0 Å². The Hall–Kier alpha value is -0.740. The quantitative estimate of drug-likeness (QED) is 0.752. The molecule has 0 saturated heterocycles. The summed E-state index contributed by atoms with van der Waals surface area (Å²) in [6, 6.07) is 0. The Morgan fingerprint density at radius 1 is 1.50 bits per heavy atom. The standard InChI is InChI=1S/C8H11NO2S/c1-9-4-7-8-6(5-12-7)10-2-3-11-8/h5,9H,2-4H2,1H3. The number of thiophene rings is 1. The second-order valence-corrected chi connectivity index (χ2v) is 3.54. The average Bonchev–Trinajstić information content (AvgIpc) is 2.50. The zero-order valence-electron chi connectivity index (χ0n) is 6.92. The molecule has 1 aliphatic rings. The molecule has 0 radical (unpaired) electrons. The Morgan fingerprint density at radius 2 is 2.33 bits per heavy atom. The maximum absolute atomic E-state index is 5.49. The summed E-state index contributed by atoms with van der Waals surface area (Å²) in [5, 5.41) is 5.10. The third kappa shape index (κ3) is 1.28. The predicted molar refractivity (Wildman–Crippen MR) is 48.1 cm³/mol. The van der Waals surface area contributed by atoms with Gasteiger partial charge in [-0.15, -0.1) is 11.3 Å². The lowest BCUT2D eigenvalue weighted by Crippen LogP contribution is -2.15. The summed E-state index contributed by atoms with van der Waals surface area (Å²) in [4.78, 5) is 1.22. The van der Waals surface area contributed by atoms with Gasteiger partial charge < -0.3 is 14.8 Å². The van der Waals surface area contributed by atoms with Gasteiger partial charge in [-0.2, -0.15) is 0 Å².